The minimum atomic E-state index is -0.878. The van der Waals surface area contributed by atoms with Gasteiger partial charge in [0, 0.05) is 12.1 Å². The van der Waals surface area contributed by atoms with E-state index < -0.39 is 17.7 Å². The lowest BCUT2D eigenvalue weighted by atomic mass is 10.1. The molecule has 144 valence electrons. The summed E-state index contributed by atoms with van der Waals surface area (Å²) in [7, 11) is 2.72. The maximum absolute atomic E-state index is 14.1. The van der Waals surface area contributed by atoms with E-state index in [2.05, 4.69) is 5.32 Å². The zero-order chi connectivity index (χ0) is 19.8. The molecule has 0 heterocycles. The second-order valence-corrected chi connectivity index (χ2v) is 5.48. The van der Waals surface area contributed by atoms with Gasteiger partial charge in [0.25, 0.3) is 5.91 Å². The molecule has 0 unspecified atom stereocenters. The van der Waals surface area contributed by atoms with Gasteiger partial charge < -0.3 is 24.6 Å². The number of methoxy groups -OCH3 is 2. The molecule has 0 spiro atoms. The molecule has 0 fully saturated rings. The number of carbonyl (C=O) groups is 2. The summed E-state index contributed by atoms with van der Waals surface area (Å²) in [5.74, 6) is -1.51. The second kappa shape index (κ2) is 9.42. The van der Waals surface area contributed by atoms with Crippen LogP contribution in [0.3, 0.4) is 0 Å². The van der Waals surface area contributed by atoms with E-state index >= 15 is 0 Å². The van der Waals surface area contributed by atoms with Crippen LogP contribution >= 0.6 is 0 Å². The number of carboxylic acids is 1. The highest BCUT2D eigenvalue weighted by molar-refractivity contribution is 6.07. The van der Waals surface area contributed by atoms with Gasteiger partial charge in [-0.3, -0.25) is 9.59 Å². The summed E-state index contributed by atoms with van der Waals surface area (Å²) in [6.45, 7) is 0.268. The Morgan fingerprint density at radius 3 is 2.37 bits per heavy atom. The number of nitrogens with one attached hydrogen (secondary N) is 1. The van der Waals surface area contributed by atoms with Crippen molar-refractivity contribution in [2.24, 2.45) is 0 Å². The summed E-state index contributed by atoms with van der Waals surface area (Å²) >= 11 is 0. The highest BCUT2D eigenvalue weighted by Gasteiger charge is 2.22. The molecule has 0 radical (unpaired) electrons. The van der Waals surface area contributed by atoms with Crippen molar-refractivity contribution in [3.63, 3.8) is 0 Å². The van der Waals surface area contributed by atoms with E-state index in [9.17, 15) is 14.0 Å². The third-order valence-corrected chi connectivity index (χ3v) is 3.64. The molecule has 2 aromatic rings. The van der Waals surface area contributed by atoms with Gasteiger partial charge >= 0.3 is 5.97 Å². The van der Waals surface area contributed by atoms with Crippen LogP contribution in [0.4, 0.5) is 10.1 Å². The number of hydrogen-bond acceptors (Lipinski definition) is 5. The number of hydrogen-bond donors (Lipinski definition) is 2. The fraction of sp³-hybridized carbons (Fsp3) is 0.263. The number of carboxylic acid groups (broad SMARTS) is 1. The Bertz CT molecular complexity index is 807. The smallest absolute Gasteiger partial charge is 0.303 e. The summed E-state index contributed by atoms with van der Waals surface area (Å²) in [6, 6.07) is 8.93. The van der Waals surface area contributed by atoms with Crippen LogP contribution in [0.5, 0.6) is 17.2 Å². The van der Waals surface area contributed by atoms with E-state index in [1.165, 1.54) is 20.3 Å². The Morgan fingerprint density at radius 2 is 1.78 bits per heavy atom. The minimum absolute atomic E-state index is 0.00776. The number of anilines is 1. The summed E-state index contributed by atoms with van der Waals surface area (Å²) < 4.78 is 29.8. The van der Waals surface area contributed by atoms with E-state index in [0.717, 1.165) is 6.07 Å². The Kier molecular flexibility index (Phi) is 6.99. The molecule has 0 bridgehead atoms. The molecule has 0 aliphatic carbocycles. The van der Waals surface area contributed by atoms with Crippen LogP contribution in [0.15, 0.2) is 36.4 Å². The minimum Gasteiger partial charge on any atom is -0.494 e. The normalized spacial score (nSPS) is 10.2. The summed E-state index contributed by atoms with van der Waals surface area (Å²) in [5, 5.41) is 11.2. The lowest BCUT2D eigenvalue weighted by Crippen LogP contribution is -2.15. The molecule has 2 aromatic carbocycles. The number of ether oxygens (including phenoxy) is 3. The van der Waals surface area contributed by atoms with Gasteiger partial charge in [0.2, 0.25) is 0 Å². The highest BCUT2D eigenvalue weighted by Crippen LogP contribution is 2.33. The molecule has 0 aliphatic heterocycles. The maximum atomic E-state index is 14.1. The van der Waals surface area contributed by atoms with E-state index in [1.54, 1.807) is 24.3 Å². The van der Waals surface area contributed by atoms with Crippen molar-refractivity contribution in [1.82, 2.24) is 0 Å². The van der Waals surface area contributed by atoms with Crippen LogP contribution in [0.25, 0.3) is 0 Å². The zero-order valence-corrected chi connectivity index (χ0v) is 15.0. The molecular weight excluding hydrogens is 357 g/mol. The predicted octanol–water partition coefficient (Wildman–Crippen LogP) is 3.34. The number of amides is 1. The largest absolute Gasteiger partial charge is 0.494 e. The third-order valence-electron chi connectivity index (χ3n) is 3.64. The molecule has 27 heavy (non-hydrogen) atoms. The number of carbonyl (C=O) groups excluding carboxylic acids is 1. The molecule has 0 saturated carbocycles. The molecule has 2 rings (SSSR count). The van der Waals surface area contributed by atoms with Gasteiger partial charge in [0.1, 0.15) is 17.1 Å². The molecule has 8 heteroatoms. The number of benzene rings is 2. The maximum Gasteiger partial charge on any atom is 0.303 e. The number of rotatable bonds is 9. The average Bonchev–Trinajstić information content (AvgIpc) is 2.65. The SMILES string of the molecule is COc1ccc(F)c(C(=O)Nc2ccc(OCCCC(=O)O)cc2)c1OC. The lowest BCUT2D eigenvalue weighted by molar-refractivity contribution is -0.137. The van der Waals surface area contributed by atoms with Crippen molar-refractivity contribution < 1.29 is 33.3 Å². The van der Waals surface area contributed by atoms with Gasteiger partial charge in [0.05, 0.1) is 20.8 Å². The Labute approximate surface area is 155 Å². The van der Waals surface area contributed by atoms with Gasteiger partial charge in [-0.15, -0.1) is 0 Å². The van der Waals surface area contributed by atoms with Crippen LogP contribution in [0.2, 0.25) is 0 Å². The number of aliphatic carboxylic acids is 1. The van der Waals surface area contributed by atoms with Crippen LogP contribution in [0, 0.1) is 5.82 Å². The van der Waals surface area contributed by atoms with Gasteiger partial charge in [0.15, 0.2) is 11.5 Å². The van der Waals surface area contributed by atoms with E-state index in [-0.39, 0.29) is 30.1 Å². The first kappa shape index (κ1) is 20.0. The van der Waals surface area contributed by atoms with Gasteiger partial charge in [-0.05, 0) is 42.8 Å². The van der Waals surface area contributed by atoms with Crippen molar-refractivity contribution in [1.29, 1.82) is 0 Å². The fourth-order valence-corrected chi connectivity index (χ4v) is 2.36. The molecule has 0 atom stereocenters. The first-order valence-electron chi connectivity index (χ1n) is 8.12. The van der Waals surface area contributed by atoms with Crippen molar-refractivity contribution >= 4 is 17.6 Å². The molecule has 0 aliphatic rings. The third kappa shape index (κ3) is 5.34. The van der Waals surface area contributed by atoms with Crippen molar-refractivity contribution in [3.8, 4) is 17.2 Å². The van der Waals surface area contributed by atoms with E-state index in [1.807, 2.05) is 0 Å². The fourth-order valence-electron chi connectivity index (χ4n) is 2.36. The summed E-state index contributed by atoms with van der Waals surface area (Å²) in [4.78, 5) is 22.9. The Hall–Kier alpha value is -3.29. The van der Waals surface area contributed by atoms with Crippen LogP contribution in [-0.2, 0) is 4.79 Å². The Morgan fingerprint density at radius 1 is 1.07 bits per heavy atom. The van der Waals surface area contributed by atoms with Crippen LogP contribution < -0.4 is 19.5 Å². The quantitative estimate of drug-likeness (QED) is 0.651. The topological polar surface area (TPSA) is 94.1 Å². The predicted molar refractivity (Wildman–Crippen MR) is 96.3 cm³/mol. The van der Waals surface area contributed by atoms with Crippen LogP contribution in [0.1, 0.15) is 23.2 Å². The molecule has 2 N–H and O–H groups in total. The van der Waals surface area contributed by atoms with E-state index in [4.69, 9.17) is 19.3 Å². The molecule has 0 aromatic heterocycles. The highest BCUT2D eigenvalue weighted by atomic mass is 19.1. The number of halogens is 1. The first-order valence-corrected chi connectivity index (χ1v) is 8.12. The van der Waals surface area contributed by atoms with Gasteiger partial charge in [-0.2, -0.15) is 0 Å². The summed E-state index contributed by atoms with van der Waals surface area (Å²) in [6.07, 6.45) is 0.421. The van der Waals surface area contributed by atoms with E-state index in [0.29, 0.717) is 17.9 Å². The molecule has 7 nitrogen and oxygen atoms in total. The molecular formula is C19H20FNO6. The van der Waals surface area contributed by atoms with Gasteiger partial charge in [-0.1, -0.05) is 0 Å². The van der Waals surface area contributed by atoms with Crippen LogP contribution in [-0.4, -0.2) is 37.8 Å². The summed E-state index contributed by atoms with van der Waals surface area (Å²) in [5.41, 5.74) is 0.174. The zero-order valence-electron chi connectivity index (χ0n) is 15.0. The molecule has 1 amide bonds. The van der Waals surface area contributed by atoms with Crippen molar-refractivity contribution in [2.75, 3.05) is 26.1 Å². The Balaban J connectivity index is 2.05. The molecule has 0 saturated heterocycles. The second-order valence-electron chi connectivity index (χ2n) is 5.48. The first-order chi connectivity index (χ1) is 13.0. The monoisotopic (exact) mass is 377 g/mol. The average molecular weight is 377 g/mol. The standard InChI is InChI=1S/C19H20FNO6/c1-25-15-10-9-14(20)17(18(15)26-2)19(24)21-12-5-7-13(8-6-12)27-11-3-4-16(22)23/h5-10H,3-4,11H2,1-2H3,(H,21,24)(H,22,23). The van der Waals surface area contributed by atoms with Crippen molar-refractivity contribution in [3.05, 3.63) is 47.8 Å². The van der Waals surface area contributed by atoms with Crippen molar-refractivity contribution in [2.45, 2.75) is 12.8 Å². The lowest BCUT2D eigenvalue weighted by Gasteiger charge is -2.14. The van der Waals surface area contributed by atoms with Gasteiger partial charge in [-0.25, -0.2) is 4.39 Å².